The molecule has 0 aromatic carbocycles. The number of rotatable bonds is 9. The van der Waals surface area contributed by atoms with Crippen LogP contribution in [0.25, 0.3) is 0 Å². The molecule has 0 unspecified atom stereocenters. The van der Waals surface area contributed by atoms with Gasteiger partial charge in [0.05, 0.1) is 19.8 Å². The fourth-order valence-corrected chi connectivity index (χ4v) is 4.09. The maximum Gasteiger partial charge on any atom is 0.356 e. The first-order valence-corrected chi connectivity index (χ1v) is 10.2. The number of halogens is 1. The van der Waals surface area contributed by atoms with Crippen LogP contribution in [0.1, 0.15) is 25.6 Å². The lowest BCUT2D eigenvalue weighted by molar-refractivity contribution is -0.0582. The van der Waals surface area contributed by atoms with Crippen LogP contribution in [0.2, 0.25) is 0 Å². The average Bonchev–Trinajstić information content (AvgIpc) is 2.92. The van der Waals surface area contributed by atoms with Gasteiger partial charge >= 0.3 is 13.3 Å². The molecule has 1 aromatic rings. The van der Waals surface area contributed by atoms with Gasteiger partial charge in [-0.25, -0.2) is 9.18 Å². The summed E-state index contributed by atoms with van der Waals surface area (Å²) in [5.74, 6) is 0. The van der Waals surface area contributed by atoms with Crippen LogP contribution in [-0.2, 0) is 23.1 Å². The molecular weight excluding hydrogens is 386 g/mol. The quantitative estimate of drug-likeness (QED) is 0.569. The van der Waals surface area contributed by atoms with Gasteiger partial charge in [0.2, 0.25) is 0 Å². The number of hydrogen-bond donors (Lipinski definition) is 2. The fraction of sp³-hybridized carbons (Fsp3) is 0.733. The van der Waals surface area contributed by atoms with Gasteiger partial charge in [0, 0.05) is 11.8 Å². The molecule has 4 atom stereocenters. The number of nitrogens with zero attached hydrogens (tertiary/aromatic N) is 1. The summed E-state index contributed by atoms with van der Waals surface area (Å²) in [6.45, 7) is 4.33. The van der Waals surface area contributed by atoms with Crippen molar-refractivity contribution in [3.8, 4) is 0 Å². The highest BCUT2D eigenvalue weighted by Gasteiger charge is 2.48. The van der Waals surface area contributed by atoms with E-state index >= 15 is 0 Å². The number of aromatic amines is 1. The van der Waals surface area contributed by atoms with Crippen molar-refractivity contribution in [1.82, 2.24) is 9.55 Å². The molecule has 0 radical (unpaired) electrons. The van der Waals surface area contributed by atoms with E-state index in [1.54, 1.807) is 13.8 Å². The van der Waals surface area contributed by atoms with Gasteiger partial charge in [-0.15, -0.1) is 0 Å². The molecule has 0 saturated carbocycles. The summed E-state index contributed by atoms with van der Waals surface area (Å²) in [5.41, 5.74) is -1.26. The molecule has 2 N–H and O–H groups in total. The lowest BCUT2D eigenvalue weighted by Gasteiger charge is -2.22. The zero-order chi connectivity index (χ0) is 20.2. The van der Waals surface area contributed by atoms with Gasteiger partial charge < -0.3 is 23.6 Å². The highest BCUT2D eigenvalue weighted by atomic mass is 31.2. The van der Waals surface area contributed by atoms with Crippen LogP contribution >= 0.6 is 7.60 Å². The molecule has 0 bridgehead atoms. The first kappa shape index (κ1) is 21.9. The molecule has 27 heavy (non-hydrogen) atoms. The zero-order valence-corrected chi connectivity index (χ0v) is 16.2. The molecular formula is C15H24FN2O8P. The van der Waals surface area contributed by atoms with Crippen LogP contribution in [0.5, 0.6) is 0 Å². The Morgan fingerprint density at radius 1 is 1.33 bits per heavy atom. The summed E-state index contributed by atoms with van der Waals surface area (Å²) < 4.78 is 49.2. The van der Waals surface area contributed by atoms with Crippen LogP contribution in [-0.4, -0.2) is 59.2 Å². The van der Waals surface area contributed by atoms with Crippen LogP contribution in [0.4, 0.5) is 4.39 Å². The van der Waals surface area contributed by atoms with Crippen LogP contribution in [0, 0.1) is 6.92 Å². The molecule has 1 aliphatic rings. The molecule has 2 heterocycles. The first-order valence-electron chi connectivity index (χ1n) is 8.48. The molecule has 0 spiro atoms. The topological polar surface area (TPSA) is 129 Å². The Hall–Kier alpha value is -1.36. The number of ether oxygens (including phenoxy) is 2. The van der Waals surface area contributed by atoms with E-state index in [0.29, 0.717) is 0 Å². The Morgan fingerprint density at radius 2 is 1.96 bits per heavy atom. The van der Waals surface area contributed by atoms with Crippen LogP contribution < -0.4 is 11.2 Å². The van der Waals surface area contributed by atoms with Crippen molar-refractivity contribution in [2.45, 2.75) is 45.4 Å². The predicted octanol–water partition coefficient (Wildman–Crippen LogP) is 0.682. The monoisotopic (exact) mass is 410 g/mol. The molecule has 10 nitrogen and oxygen atoms in total. The van der Waals surface area contributed by atoms with E-state index in [9.17, 15) is 23.7 Å². The third-order valence-electron chi connectivity index (χ3n) is 3.94. The summed E-state index contributed by atoms with van der Waals surface area (Å²) in [4.78, 5) is 25.5. The average molecular weight is 410 g/mol. The highest BCUT2D eigenvalue weighted by molar-refractivity contribution is 7.53. The smallest absolute Gasteiger partial charge is 0.356 e. The summed E-state index contributed by atoms with van der Waals surface area (Å²) in [6, 6.07) is 0. The van der Waals surface area contributed by atoms with Crippen LogP contribution in [0.3, 0.4) is 0 Å². The number of aliphatic hydroxyl groups is 1. The van der Waals surface area contributed by atoms with E-state index in [2.05, 4.69) is 4.98 Å². The van der Waals surface area contributed by atoms with E-state index in [0.717, 1.165) is 4.57 Å². The summed E-state index contributed by atoms with van der Waals surface area (Å²) in [6.07, 6.45) is -5.09. The first-order chi connectivity index (χ1) is 12.8. The second-order valence-electron chi connectivity index (χ2n) is 5.88. The molecule has 0 amide bonds. The second kappa shape index (κ2) is 9.22. The number of H-pyrrole nitrogens is 1. The predicted molar refractivity (Wildman–Crippen MR) is 92.6 cm³/mol. The minimum atomic E-state index is -3.59. The minimum absolute atomic E-state index is 0.110. The van der Waals surface area contributed by atoms with Crippen LogP contribution in [0.15, 0.2) is 15.8 Å². The lowest BCUT2D eigenvalue weighted by atomic mass is 10.1. The van der Waals surface area contributed by atoms with Crippen molar-refractivity contribution in [1.29, 1.82) is 0 Å². The van der Waals surface area contributed by atoms with Crippen molar-refractivity contribution in [2.75, 3.05) is 26.2 Å². The van der Waals surface area contributed by atoms with E-state index in [-0.39, 0.29) is 18.8 Å². The summed E-state index contributed by atoms with van der Waals surface area (Å²) in [5, 5.41) is 9.47. The molecule has 2 rings (SSSR count). The molecule has 0 aliphatic carbocycles. The van der Waals surface area contributed by atoms with Gasteiger partial charge in [0.1, 0.15) is 18.6 Å². The van der Waals surface area contributed by atoms with Gasteiger partial charge in [-0.1, -0.05) is 0 Å². The molecule has 12 heteroatoms. The lowest BCUT2D eigenvalue weighted by Crippen LogP contribution is -2.37. The molecule has 1 saturated heterocycles. The number of aromatic nitrogens is 2. The molecule has 154 valence electrons. The number of aliphatic hydroxyl groups excluding tert-OH is 1. The molecule has 1 aliphatic heterocycles. The molecule has 1 aromatic heterocycles. The SMILES string of the molecule is CCOP(=O)(CO[C@@H]1[C@@H](F)[C@@H](n2cc(C)c(=O)[nH]c2=O)O[C@H]1CO)OCC. The summed E-state index contributed by atoms with van der Waals surface area (Å²) in [7, 11) is -3.59. The Morgan fingerprint density at radius 3 is 2.52 bits per heavy atom. The normalized spacial score (nSPS) is 25.8. The van der Waals surface area contributed by atoms with E-state index in [4.69, 9.17) is 18.5 Å². The second-order valence-corrected chi connectivity index (χ2v) is 7.87. The van der Waals surface area contributed by atoms with Gasteiger partial charge in [-0.3, -0.25) is 18.9 Å². The third-order valence-corrected chi connectivity index (χ3v) is 5.71. The fourth-order valence-electron chi connectivity index (χ4n) is 2.72. The van der Waals surface area contributed by atoms with Crippen molar-refractivity contribution in [3.05, 3.63) is 32.6 Å². The number of aryl methyl sites for hydroxylation is 1. The van der Waals surface area contributed by atoms with Gasteiger partial charge in [0.15, 0.2) is 12.4 Å². The Balaban J connectivity index is 2.21. The van der Waals surface area contributed by atoms with Crippen molar-refractivity contribution in [3.63, 3.8) is 0 Å². The standard InChI is InChI=1S/C15H24FN2O8P/c1-4-24-27(22,25-5-2)8-23-12-10(7-19)26-14(11(12)16)18-6-9(3)13(20)17-15(18)21/h6,10-12,14,19H,4-5,7-8H2,1-3H3,(H,17,20,21)/t10-,11+,12-,14-/m0/s1. The number of alkyl halides is 1. The van der Waals surface area contributed by atoms with Crippen molar-refractivity contribution < 1.29 is 32.6 Å². The van der Waals surface area contributed by atoms with E-state index < -0.39 is 56.4 Å². The van der Waals surface area contributed by atoms with E-state index in [1.165, 1.54) is 13.1 Å². The zero-order valence-electron chi connectivity index (χ0n) is 15.3. The highest BCUT2D eigenvalue weighted by Crippen LogP contribution is 2.49. The Labute approximate surface area is 154 Å². The summed E-state index contributed by atoms with van der Waals surface area (Å²) >= 11 is 0. The van der Waals surface area contributed by atoms with Crippen molar-refractivity contribution >= 4 is 7.60 Å². The maximum absolute atomic E-state index is 15.0. The van der Waals surface area contributed by atoms with Gasteiger partial charge in [-0.2, -0.15) is 0 Å². The Bertz CT molecular complexity index is 787. The third kappa shape index (κ3) is 4.92. The minimum Gasteiger partial charge on any atom is -0.394 e. The van der Waals surface area contributed by atoms with E-state index in [1.807, 2.05) is 0 Å². The Kier molecular flexibility index (Phi) is 7.49. The van der Waals surface area contributed by atoms with Crippen molar-refractivity contribution in [2.24, 2.45) is 0 Å². The largest absolute Gasteiger partial charge is 0.394 e. The molecule has 1 fully saturated rings. The van der Waals surface area contributed by atoms with Gasteiger partial charge in [-0.05, 0) is 20.8 Å². The number of hydrogen-bond acceptors (Lipinski definition) is 8. The maximum atomic E-state index is 15.0. The number of nitrogens with one attached hydrogen (secondary N) is 1. The van der Waals surface area contributed by atoms with Gasteiger partial charge in [0.25, 0.3) is 5.56 Å².